The highest BCUT2D eigenvalue weighted by atomic mass is 19.3. The quantitative estimate of drug-likeness (QED) is 0.686. The van der Waals surface area contributed by atoms with E-state index in [1.807, 2.05) is 24.3 Å². The molecule has 1 aliphatic carbocycles. The normalized spacial score (nSPS) is 16.4. The number of hydrogen-bond donors (Lipinski definition) is 1. The number of amides is 1. The zero-order valence-electron chi connectivity index (χ0n) is 16.7. The van der Waals surface area contributed by atoms with Gasteiger partial charge in [0, 0.05) is 0 Å². The summed E-state index contributed by atoms with van der Waals surface area (Å²) in [6.07, 6.45) is 1.71. The van der Waals surface area contributed by atoms with E-state index < -0.39 is 24.6 Å². The number of fused-ring (bicyclic) bond motifs is 1. The molecule has 2 atom stereocenters. The molecule has 0 saturated heterocycles. The second kappa shape index (κ2) is 9.56. The lowest BCUT2D eigenvalue weighted by Gasteiger charge is -2.27. The number of aryl methyl sites for hydroxylation is 1. The Labute approximate surface area is 173 Å². The van der Waals surface area contributed by atoms with Crippen LogP contribution in [0.3, 0.4) is 0 Å². The SMILES string of the molecule is COc1cc(C(=O)O[C@@H](C)C(=O)N[C@@H]2CCCc3ccccc32)ccc1OC(F)F. The summed E-state index contributed by atoms with van der Waals surface area (Å²) < 4.78 is 39.4. The third-order valence-electron chi connectivity index (χ3n) is 4.95. The van der Waals surface area contributed by atoms with Crippen molar-refractivity contribution in [1.29, 1.82) is 0 Å². The molecule has 8 heteroatoms. The summed E-state index contributed by atoms with van der Waals surface area (Å²) in [4.78, 5) is 25.0. The fourth-order valence-electron chi connectivity index (χ4n) is 3.46. The fourth-order valence-corrected chi connectivity index (χ4v) is 3.46. The first-order valence-corrected chi connectivity index (χ1v) is 9.61. The van der Waals surface area contributed by atoms with Crippen LogP contribution in [0.5, 0.6) is 11.5 Å². The van der Waals surface area contributed by atoms with Crippen molar-refractivity contribution in [2.75, 3.05) is 7.11 Å². The first-order valence-electron chi connectivity index (χ1n) is 9.61. The van der Waals surface area contributed by atoms with Crippen molar-refractivity contribution in [1.82, 2.24) is 5.32 Å². The second-order valence-corrected chi connectivity index (χ2v) is 6.94. The van der Waals surface area contributed by atoms with Gasteiger partial charge in [-0.15, -0.1) is 0 Å². The van der Waals surface area contributed by atoms with Gasteiger partial charge in [0.2, 0.25) is 0 Å². The van der Waals surface area contributed by atoms with E-state index >= 15 is 0 Å². The van der Waals surface area contributed by atoms with Crippen molar-refractivity contribution >= 4 is 11.9 Å². The van der Waals surface area contributed by atoms with Crippen molar-refractivity contribution < 1.29 is 32.6 Å². The minimum Gasteiger partial charge on any atom is -0.493 e. The van der Waals surface area contributed by atoms with Crippen LogP contribution >= 0.6 is 0 Å². The summed E-state index contributed by atoms with van der Waals surface area (Å²) in [5, 5.41) is 2.94. The second-order valence-electron chi connectivity index (χ2n) is 6.94. The molecule has 3 rings (SSSR count). The van der Waals surface area contributed by atoms with Crippen LogP contribution in [0.2, 0.25) is 0 Å². The Morgan fingerprint density at radius 3 is 2.63 bits per heavy atom. The van der Waals surface area contributed by atoms with E-state index in [-0.39, 0.29) is 23.1 Å². The molecule has 0 radical (unpaired) electrons. The molecule has 2 aromatic rings. The first-order chi connectivity index (χ1) is 14.4. The number of alkyl halides is 2. The van der Waals surface area contributed by atoms with E-state index in [0.717, 1.165) is 24.8 Å². The molecule has 1 amide bonds. The molecule has 0 saturated carbocycles. The monoisotopic (exact) mass is 419 g/mol. The summed E-state index contributed by atoms with van der Waals surface area (Å²) in [5.74, 6) is -1.43. The van der Waals surface area contributed by atoms with E-state index in [1.165, 1.54) is 37.8 Å². The highest BCUT2D eigenvalue weighted by Crippen LogP contribution is 2.31. The number of rotatable bonds is 7. The van der Waals surface area contributed by atoms with Gasteiger partial charge in [0.15, 0.2) is 17.6 Å². The first kappa shape index (κ1) is 21.5. The van der Waals surface area contributed by atoms with Crippen LogP contribution in [-0.4, -0.2) is 31.7 Å². The molecule has 0 unspecified atom stereocenters. The molecular formula is C22H23F2NO5. The van der Waals surface area contributed by atoms with Crippen molar-refractivity contribution in [2.24, 2.45) is 0 Å². The van der Waals surface area contributed by atoms with Crippen LogP contribution in [0, 0.1) is 0 Å². The number of methoxy groups -OCH3 is 1. The minimum atomic E-state index is -3.02. The van der Waals surface area contributed by atoms with Gasteiger partial charge in [0.25, 0.3) is 5.91 Å². The molecule has 0 bridgehead atoms. The lowest BCUT2D eigenvalue weighted by Crippen LogP contribution is -2.39. The predicted octanol–water partition coefficient (Wildman–Crippen LogP) is 4.04. The molecular weight excluding hydrogens is 396 g/mol. The Morgan fingerprint density at radius 2 is 1.90 bits per heavy atom. The molecule has 1 N–H and O–H groups in total. The Morgan fingerprint density at radius 1 is 1.13 bits per heavy atom. The predicted molar refractivity (Wildman–Crippen MR) is 105 cm³/mol. The van der Waals surface area contributed by atoms with Crippen molar-refractivity contribution in [3.05, 3.63) is 59.2 Å². The van der Waals surface area contributed by atoms with Gasteiger partial charge in [-0.05, 0) is 55.5 Å². The number of esters is 1. The molecule has 0 aromatic heterocycles. The molecule has 160 valence electrons. The molecule has 30 heavy (non-hydrogen) atoms. The molecule has 6 nitrogen and oxygen atoms in total. The van der Waals surface area contributed by atoms with E-state index in [9.17, 15) is 18.4 Å². The summed E-state index contributed by atoms with van der Waals surface area (Å²) in [5.41, 5.74) is 2.34. The largest absolute Gasteiger partial charge is 0.493 e. The molecule has 0 aliphatic heterocycles. The number of carbonyl (C=O) groups is 2. The lowest BCUT2D eigenvalue weighted by molar-refractivity contribution is -0.130. The third kappa shape index (κ3) is 5.06. The summed E-state index contributed by atoms with van der Waals surface area (Å²) in [7, 11) is 1.26. The molecule has 1 aliphatic rings. The number of carbonyl (C=O) groups excluding carboxylic acids is 2. The number of hydrogen-bond acceptors (Lipinski definition) is 5. The smallest absolute Gasteiger partial charge is 0.387 e. The Hall–Kier alpha value is -3.16. The van der Waals surface area contributed by atoms with Gasteiger partial charge in [-0.2, -0.15) is 8.78 Å². The van der Waals surface area contributed by atoms with E-state index in [4.69, 9.17) is 9.47 Å². The zero-order chi connectivity index (χ0) is 21.7. The highest BCUT2D eigenvalue weighted by Gasteiger charge is 2.26. The van der Waals surface area contributed by atoms with Gasteiger partial charge in [-0.3, -0.25) is 4.79 Å². The van der Waals surface area contributed by atoms with Crippen LogP contribution in [0.4, 0.5) is 8.78 Å². The van der Waals surface area contributed by atoms with Gasteiger partial charge < -0.3 is 19.5 Å². The third-order valence-corrected chi connectivity index (χ3v) is 4.95. The lowest BCUT2D eigenvalue weighted by atomic mass is 9.87. The number of ether oxygens (including phenoxy) is 3. The topological polar surface area (TPSA) is 73.9 Å². The zero-order valence-corrected chi connectivity index (χ0v) is 16.7. The Bertz CT molecular complexity index is 918. The van der Waals surface area contributed by atoms with E-state index in [1.54, 1.807) is 0 Å². The van der Waals surface area contributed by atoms with Gasteiger partial charge in [0.1, 0.15) is 0 Å². The highest BCUT2D eigenvalue weighted by molar-refractivity contribution is 5.93. The van der Waals surface area contributed by atoms with Gasteiger partial charge in [-0.25, -0.2) is 4.79 Å². The van der Waals surface area contributed by atoms with E-state index in [2.05, 4.69) is 10.1 Å². The van der Waals surface area contributed by atoms with Crippen molar-refractivity contribution in [3.8, 4) is 11.5 Å². The molecule has 0 heterocycles. The van der Waals surface area contributed by atoms with Crippen LogP contribution in [0.15, 0.2) is 42.5 Å². The Balaban J connectivity index is 1.64. The van der Waals surface area contributed by atoms with Gasteiger partial charge >= 0.3 is 12.6 Å². The molecule has 2 aromatic carbocycles. The van der Waals surface area contributed by atoms with E-state index in [0.29, 0.717) is 0 Å². The van der Waals surface area contributed by atoms with Crippen LogP contribution in [-0.2, 0) is 16.0 Å². The fraction of sp³-hybridized carbons (Fsp3) is 0.364. The maximum atomic E-state index is 12.6. The average molecular weight is 419 g/mol. The van der Waals surface area contributed by atoms with Gasteiger partial charge in [0.05, 0.1) is 18.7 Å². The number of benzene rings is 2. The van der Waals surface area contributed by atoms with Gasteiger partial charge in [-0.1, -0.05) is 24.3 Å². The summed E-state index contributed by atoms with van der Waals surface area (Å²) in [6.45, 7) is -1.54. The summed E-state index contributed by atoms with van der Waals surface area (Å²) in [6, 6.07) is 11.5. The van der Waals surface area contributed by atoms with Crippen LogP contribution < -0.4 is 14.8 Å². The van der Waals surface area contributed by atoms with Crippen LogP contribution in [0.25, 0.3) is 0 Å². The van der Waals surface area contributed by atoms with Crippen LogP contribution in [0.1, 0.15) is 47.3 Å². The average Bonchev–Trinajstić information content (AvgIpc) is 2.73. The summed E-state index contributed by atoms with van der Waals surface area (Å²) >= 11 is 0. The number of halogens is 2. The minimum absolute atomic E-state index is 0.0410. The molecule has 0 spiro atoms. The standard InChI is InChI=1S/C22H23F2NO5/c1-13(20(26)25-17-9-5-7-14-6-3-4-8-16(14)17)29-21(27)15-10-11-18(30-22(23)24)19(12-15)28-2/h3-4,6,8,10-13,17,22H,5,7,9H2,1-2H3,(H,25,26)/t13-,17+/m0/s1. The van der Waals surface area contributed by atoms with Crippen molar-refractivity contribution in [3.63, 3.8) is 0 Å². The van der Waals surface area contributed by atoms with Crippen molar-refractivity contribution in [2.45, 2.75) is 44.9 Å². The number of nitrogens with one attached hydrogen (secondary N) is 1. The maximum Gasteiger partial charge on any atom is 0.387 e. The maximum absolute atomic E-state index is 12.6. The Kier molecular flexibility index (Phi) is 6.87. The molecule has 0 fully saturated rings.